The highest BCUT2D eigenvalue weighted by atomic mass is 16.4. The number of aromatic nitrogens is 2. The lowest BCUT2D eigenvalue weighted by atomic mass is 9.76. The van der Waals surface area contributed by atoms with Crippen LogP contribution in [-0.2, 0) is 4.79 Å². The number of furan rings is 1. The monoisotopic (exact) mass is 393 g/mol. The lowest BCUT2D eigenvalue weighted by molar-refractivity contribution is -0.150. The predicted octanol–water partition coefficient (Wildman–Crippen LogP) is 3.71. The second-order valence-corrected chi connectivity index (χ2v) is 7.73. The Hall–Kier alpha value is -3.35. The zero-order chi connectivity index (χ0) is 20.6. The molecule has 2 aromatic heterocycles. The molecule has 0 saturated carbocycles. The highest BCUT2D eigenvalue weighted by Crippen LogP contribution is 2.39. The van der Waals surface area contributed by atoms with Crippen molar-refractivity contribution in [1.29, 1.82) is 0 Å². The summed E-state index contributed by atoms with van der Waals surface area (Å²) in [5.41, 5.74) is 0.764. The maximum absolute atomic E-state index is 13.4. The molecule has 0 radical (unpaired) electrons. The minimum absolute atomic E-state index is 0.0736. The fourth-order valence-electron chi connectivity index (χ4n) is 3.91. The summed E-state index contributed by atoms with van der Waals surface area (Å²) >= 11 is 0. The van der Waals surface area contributed by atoms with Gasteiger partial charge in [-0.25, -0.2) is 4.68 Å². The maximum atomic E-state index is 13.4. The number of likely N-dealkylation sites (tertiary alicyclic amines) is 1. The van der Waals surface area contributed by atoms with Crippen LogP contribution in [0.2, 0.25) is 0 Å². The fourth-order valence-corrected chi connectivity index (χ4v) is 3.91. The Labute approximate surface area is 168 Å². The van der Waals surface area contributed by atoms with Crippen molar-refractivity contribution >= 4 is 11.9 Å². The van der Waals surface area contributed by atoms with Gasteiger partial charge in [-0.3, -0.25) is 9.59 Å². The van der Waals surface area contributed by atoms with Gasteiger partial charge in [-0.1, -0.05) is 32.0 Å². The van der Waals surface area contributed by atoms with Gasteiger partial charge in [0.15, 0.2) is 5.76 Å². The van der Waals surface area contributed by atoms with Crippen molar-refractivity contribution in [3.63, 3.8) is 0 Å². The van der Waals surface area contributed by atoms with Crippen LogP contribution >= 0.6 is 0 Å². The van der Waals surface area contributed by atoms with Gasteiger partial charge in [-0.15, -0.1) is 0 Å². The molecule has 150 valence electrons. The van der Waals surface area contributed by atoms with Gasteiger partial charge in [0, 0.05) is 19.2 Å². The van der Waals surface area contributed by atoms with E-state index >= 15 is 0 Å². The van der Waals surface area contributed by atoms with Crippen molar-refractivity contribution in [2.45, 2.75) is 20.3 Å². The van der Waals surface area contributed by atoms with Gasteiger partial charge in [-0.2, -0.15) is 5.10 Å². The summed E-state index contributed by atoms with van der Waals surface area (Å²) in [5.74, 6) is -0.591. The highest BCUT2D eigenvalue weighted by molar-refractivity contribution is 5.95. The van der Waals surface area contributed by atoms with Crippen LogP contribution in [0.3, 0.4) is 0 Å². The lowest BCUT2D eigenvalue weighted by Gasteiger charge is -2.28. The predicted molar refractivity (Wildman–Crippen MR) is 107 cm³/mol. The molecule has 7 nitrogen and oxygen atoms in total. The van der Waals surface area contributed by atoms with Crippen LogP contribution in [0.25, 0.3) is 17.1 Å². The molecule has 29 heavy (non-hydrogen) atoms. The molecule has 1 aliphatic heterocycles. The molecular formula is C22H23N3O4. The van der Waals surface area contributed by atoms with Crippen LogP contribution in [0.5, 0.6) is 0 Å². The summed E-state index contributed by atoms with van der Waals surface area (Å²) in [6.07, 6.45) is 2.00. The summed E-state index contributed by atoms with van der Waals surface area (Å²) in [6, 6.07) is 14.6. The van der Waals surface area contributed by atoms with Crippen LogP contribution in [0.1, 0.15) is 30.8 Å². The fraction of sp³-hybridized carbons (Fsp3) is 0.318. The third-order valence-corrected chi connectivity index (χ3v) is 5.82. The number of hydrogen-bond acceptors (Lipinski definition) is 4. The van der Waals surface area contributed by atoms with E-state index in [4.69, 9.17) is 4.42 Å². The number of carbonyl (C=O) groups excluding carboxylic acids is 1. The smallest absolute Gasteiger partial charge is 0.311 e. The molecule has 0 spiro atoms. The molecule has 1 atom stereocenters. The number of rotatable bonds is 5. The molecule has 4 rings (SSSR count). The molecule has 3 heterocycles. The van der Waals surface area contributed by atoms with Crippen molar-refractivity contribution in [1.82, 2.24) is 14.7 Å². The molecule has 0 bridgehead atoms. The molecule has 1 aromatic carbocycles. The number of nitrogens with zero attached hydrogens (tertiary/aromatic N) is 3. The van der Waals surface area contributed by atoms with Gasteiger partial charge in [-0.05, 0) is 36.6 Å². The molecular weight excluding hydrogens is 370 g/mol. The molecule has 1 aliphatic rings. The Morgan fingerprint density at radius 1 is 1.17 bits per heavy atom. The SMILES string of the molecule is CC(C)C1(C(=O)O)CCN(C(=O)c2cc(-c3ccco3)nn2-c2ccccc2)C1. The van der Waals surface area contributed by atoms with Crippen LogP contribution < -0.4 is 0 Å². The van der Waals surface area contributed by atoms with Crippen LogP contribution in [-0.4, -0.2) is 44.8 Å². The van der Waals surface area contributed by atoms with E-state index in [1.807, 2.05) is 44.2 Å². The van der Waals surface area contributed by atoms with E-state index in [2.05, 4.69) is 5.10 Å². The van der Waals surface area contributed by atoms with E-state index in [9.17, 15) is 14.7 Å². The molecule has 7 heteroatoms. The van der Waals surface area contributed by atoms with Crippen molar-refractivity contribution < 1.29 is 19.1 Å². The minimum Gasteiger partial charge on any atom is -0.481 e. The van der Waals surface area contributed by atoms with E-state index in [1.165, 1.54) is 0 Å². The van der Waals surface area contributed by atoms with Gasteiger partial charge >= 0.3 is 5.97 Å². The number of aliphatic carboxylic acids is 1. The maximum Gasteiger partial charge on any atom is 0.311 e. The van der Waals surface area contributed by atoms with E-state index in [-0.39, 0.29) is 18.4 Å². The van der Waals surface area contributed by atoms with Crippen LogP contribution in [0.15, 0.2) is 59.2 Å². The Bertz CT molecular complexity index is 1020. The number of hydrogen-bond donors (Lipinski definition) is 1. The number of carbonyl (C=O) groups is 2. The van der Waals surface area contributed by atoms with Crippen LogP contribution in [0, 0.1) is 11.3 Å². The molecule has 1 unspecified atom stereocenters. The third kappa shape index (κ3) is 3.22. The molecule has 1 N–H and O–H groups in total. The first-order valence-electron chi connectivity index (χ1n) is 9.64. The molecule has 1 saturated heterocycles. The van der Waals surface area contributed by atoms with E-state index in [0.717, 1.165) is 5.69 Å². The first kappa shape index (κ1) is 19.0. The van der Waals surface area contributed by atoms with Gasteiger partial charge in [0.2, 0.25) is 0 Å². The third-order valence-electron chi connectivity index (χ3n) is 5.82. The zero-order valence-electron chi connectivity index (χ0n) is 16.4. The molecule has 1 amide bonds. The minimum atomic E-state index is -0.920. The van der Waals surface area contributed by atoms with Gasteiger partial charge < -0.3 is 14.4 Å². The first-order chi connectivity index (χ1) is 13.9. The average molecular weight is 393 g/mol. The van der Waals surface area contributed by atoms with Gasteiger partial charge in [0.05, 0.1) is 17.4 Å². The number of amides is 1. The van der Waals surface area contributed by atoms with Gasteiger partial charge in [0.1, 0.15) is 11.4 Å². The Morgan fingerprint density at radius 2 is 1.93 bits per heavy atom. The molecule has 0 aliphatic carbocycles. The van der Waals surface area contributed by atoms with E-state index < -0.39 is 11.4 Å². The van der Waals surface area contributed by atoms with Crippen molar-refractivity contribution in [3.8, 4) is 17.1 Å². The Morgan fingerprint density at radius 3 is 2.52 bits per heavy atom. The summed E-state index contributed by atoms with van der Waals surface area (Å²) < 4.78 is 7.04. The number of carboxylic acid groups (broad SMARTS) is 1. The first-order valence-corrected chi connectivity index (χ1v) is 9.64. The highest BCUT2D eigenvalue weighted by Gasteiger charge is 2.49. The van der Waals surface area contributed by atoms with E-state index in [1.54, 1.807) is 34.0 Å². The summed E-state index contributed by atoms with van der Waals surface area (Å²) in [5, 5.41) is 14.4. The summed E-state index contributed by atoms with van der Waals surface area (Å²) in [4.78, 5) is 27.0. The van der Waals surface area contributed by atoms with E-state index in [0.29, 0.717) is 30.1 Å². The average Bonchev–Trinajstić information content (AvgIpc) is 3.47. The standard InChI is InChI=1S/C22H23N3O4/c1-15(2)22(21(27)28)10-11-24(14-22)20(26)18-13-17(19-9-6-12-29-19)23-25(18)16-7-4-3-5-8-16/h3-9,12-13,15H,10-11,14H2,1-2H3,(H,27,28). The van der Waals surface area contributed by atoms with Gasteiger partial charge in [0.25, 0.3) is 5.91 Å². The second kappa shape index (κ2) is 7.24. The number of benzene rings is 1. The quantitative estimate of drug-likeness (QED) is 0.714. The second-order valence-electron chi connectivity index (χ2n) is 7.73. The zero-order valence-corrected chi connectivity index (χ0v) is 16.4. The lowest BCUT2D eigenvalue weighted by Crippen LogP contribution is -2.41. The summed E-state index contributed by atoms with van der Waals surface area (Å²) in [6.45, 7) is 4.38. The number of carboxylic acids is 1. The van der Waals surface area contributed by atoms with Crippen molar-refractivity contribution in [2.24, 2.45) is 11.3 Å². The normalized spacial score (nSPS) is 19.1. The van der Waals surface area contributed by atoms with Crippen molar-refractivity contribution in [3.05, 3.63) is 60.5 Å². The largest absolute Gasteiger partial charge is 0.481 e. The van der Waals surface area contributed by atoms with Crippen molar-refractivity contribution in [2.75, 3.05) is 13.1 Å². The molecule has 3 aromatic rings. The number of para-hydroxylation sites is 1. The molecule has 1 fully saturated rings. The topological polar surface area (TPSA) is 88.6 Å². The Kier molecular flexibility index (Phi) is 4.74. The summed E-state index contributed by atoms with van der Waals surface area (Å²) in [7, 11) is 0. The van der Waals surface area contributed by atoms with Crippen LogP contribution in [0.4, 0.5) is 0 Å². The Balaban J connectivity index is 1.72.